The van der Waals surface area contributed by atoms with E-state index in [0.29, 0.717) is 17.3 Å². The van der Waals surface area contributed by atoms with E-state index < -0.39 is 0 Å². The largest absolute Gasteiger partial charge is 0.497 e. The normalized spacial score (nSPS) is 10.2. The van der Waals surface area contributed by atoms with Crippen molar-refractivity contribution < 1.29 is 4.74 Å². The molecule has 0 spiro atoms. The van der Waals surface area contributed by atoms with Gasteiger partial charge in [-0.25, -0.2) is 0 Å². The summed E-state index contributed by atoms with van der Waals surface area (Å²) in [7, 11) is 1.56. The van der Waals surface area contributed by atoms with E-state index in [1.807, 2.05) is 0 Å². The predicted octanol–water partition coefficient (Wildman–Crippen LogP) is 2.25. The smallest absolute Gasteiger partial charge is 0.227 e. The monoisotopic (exact) mass is 256 g/mol. The molecule has 2 heterocycles. The van der Waals surface area contributed by atoms with Crippen LogP contribution in [0.25, 0.3) is 11.5 Å². The van der Waals surface area contributed by atoms with E-state index in [0.717, 1.165) is 0 Å². The Kier molecular flexibility index (Phi) is 3.17. The molecule has 0 unspecified atom stereocenters. The van der Waals surface area contributed by atoms with E-state index >= 15 is 0 Å². The zero-order valence-electron chi connectivity index (χ0n) is 8.19. The Morgan fingerprint density at radius 1 is 1.12 bits per heavy atom. The molecule has 0 N–H and O–H groups in total. The molecule has 0 fully saturated rings. The molecule has 0 saturated heterocycles. The van der Waals surface area contributed by atoms with Crippen LogP contribution in [0, 0.1) is 0 Å². The highest BCUT2D eigenvalue weighted by Gasteiger charge is 2.08. The first-order valence-electron chi connectivity index (χ1n) is 4.26. The molecule has 2 rings (SSSR count). The van der Waals surface area contributed by atoms with Crippen LogP contribution in [0.4, 0.5) is 0 Å². The van der Waals surface area contributed by atoms with Crippen molar-refractivity contribution in [3.63, 3.8) is 0 Å². The Morgan fingerprint density at radius 3 is 2.44 bits per heavy atom. The van der Waals surface area contributed by atoms with Crippen LogP contribution in [0.3, 0.4) is 0 Å². The molecule has 0 aromatic carbocycles. The van der Waals surface area contributed by atoms with Crippen molar-refractivity contribution in [3.8, 4) is 17.3 Å². The van der Waals surface area contributed by atoms with Crippen LogP contribution in [0.15, 0.2) is 18.3 Å². The van der Waals surface area contributed by atoms with Crippen LogP contribution < -0.4 is 4.74 Å². The molecule has 0 saturated carbocycles. The molecule has 0 bridgehead atoms. The Labute approximate surface area is 101 Å². The first-order valence-corrected chi connectivity index (χ1v) is 5.02. The summed E-state index contributed by atoms with van der Waals surface area (Å²) in [5.74, 6) is 0.960. The minimum Gasteiger partial charge on any atom is -0.497 e. The third-order valence-electron chi connectivity index (χ3n) is 1.78. The van der Waals surface area contributed by atoms with E-state index in [4.69, 9.17) is 27.9 Å². The van der Waals surface area contributed by atoms with Gasteiger partial charge in [0.1, 0.15) is 11.4 Å². The van der Waals surface area contributed by atoms with E-state index in [1.165, 1.54) is 0 Å². The minimum absolute atomic E-state index is 0.0274. The third-order valence-corrected chi connectivity index (χ3v) is 2.12. The van der Waals surface area contributed by atoms with Crippen LogP contribution in [-0.4, -0.2) is 27.0 Å². The second-order valence-corrected chi connectivity index (χ2v) is 3.45. The van der Waals surface area contributed by atoms with Gasteiger partial charge in [0.25, 0.3) is 0 Å². The lowest BCUT2D eigenvalue weighted by Gasteiger charge is -2.02. The summed E-state index contributed by atoms with van der Waals surface area (Å²) in [5.41, 5.74) is 0.519. The van der Waals surface area contributed by atoms with Crippen LogP contribution >= 0.6 is 23.2 Å². The molecule has 0 atom stereocenters. The van der Waals surface area contributed by atoms with E-state index in [-0.39, 0.29) is 10.6 Å². The second kappa shape index (κ2) is 4.59. The highest BCUT2D eigenvalue weighted by molar-refractivity contribution is 6.31. The van der Waals surface area contributed by atoms with Gasteiger partial charge < -0.3 is 4.74 Å². The summed E-state index contributed by atoms with van der Waals surface area (Å²) in [6, 6.07) is 3.40. The van der Waals surface area contributed by atoms with Gasteiger partial charge in [-0.3, -0.25) is 4.98 Å². The van der Waals surface area contributed by atoms with E-state index in [9.17, 15) is 0 Å². The Balaban J connectivity index is 2.49. The van der Waals surface area contributed by atoms with Gasteiger partial charge in [-0.1, -0.05) is 0 Å². The first kappa shape index (κ1) is 11.0. The topological polar surface area (TPSA) is 60.8 Å². The fraction of sp³-hybridized carbons (Fsp3) is 0.111. The van der Waals surface area contributed by atoms with Crippen LogP contribution in [-0.2, 0) is 0 Å². The number of hydrogen-bond donors (Lipinski definition) is 0. The summed E-state index contributed by atoms with van der Waals surface area (Å²) in [6.45, 7) is 0. The van der Waals surface area contributed by atoms with Gasteiger partial charge in [-0.15, -0.1) is 0 Å². The molecule has 0 amide bonds. The van der Waals surface area contributed by atoms with Gasteiger partial charge in [-0.05, 0) is 29.3 Å². The molecule has 0 aliphatic heterocycles. The van der Waals surface area contributed by atoms with Crippen LogP contribution in [0.5, 0.6) is 5.75 Å². The van der Waals surface area contributed by atoms with Crippen molar-refractivity contribution in [2.45, 2.75) is 0 Å². The van der Waals surface area contributed by atoms with Gasteiger partial charge in [0.15, 0.2) is 5.82 Å². The number of halogens is 2. The summed E-state index contributed by atoms with van der Waals surface area (Å²) in [5, 5.41) is 0.0549. The highest BCUT2D eigenvalue weighted by Crippen LogP contribution is 2.19. The first-order chi connectivity index (χ1) is 7.69. The van der Waals surface area contributed by atoms with Gasteiger partial charge in [-0.2, -0.15) is 15.0 Å². The van der Waals surface area contributed by atoms with Crippen molar-refractivity contribution in [1.82, 2.24) is 19.9 Å². The molecule has 16 heavy (non-hydrogen) atoms. The molecule has 5 nitrogen and oxygen atoms in total. The number of pyridine rings is 1. The zero-order chi connectivity index (χ0) is 11.5. The highest BCUT2D eigenvalue weighted by atomic mass is 35.5. The molecule has 2 aromatic rings. The van der Waals surface area contributed by atoms with Gasteiger partial charge in [0.2, 0.25) is 10.6 Å². The number of rotatable bonds is 2. The lowest BCUT2D eigenvalue weighted by Crippen LogP contribution is -1.96. The predicted molar refractivity (Wildman–Crippen MR) is 59.6 cm³/mol. The molecule has 0 aliphatic carbocycles. The zero-order valence-corrected chi connectivity index (χ0v) is 9.70. The van der Waals surface area contributed by atoms with Crippen LogP contribution in [0.2, 0.25) is 10.6 Å². The fourth-order valence-corrected chi connectivity index (χ4v) is 1.46. The van der Waals surface area contributed by atoms with Crippen molar-refractivity contribution in [3.05, 3.63) is 28.9 Å². The van der Waals surface area contributed by atoms with E-state index in [1.54, 1.807) is 25.4 Å². The molecule has 7 heteroatoms. The van der Waals surface area contributed by atoms with Crippen LogP contribution in [0.1, 0.15) is 0 Å². The minimum atomic E-state index is 0.0274. The number of ether oxygens (including phenoxy) is 1. The number of methoxy groups -OCH3 is 1. The number of nitrogens with zero attached hydrogens (tertiary/aromatic N) is 4. The van der Waals surface area contributed by atoms with Gasteiger partial charge in [0, 0.05) is 12.3 Å². The summed E-state index contributed by atoms with van der Waals surface area (Å²) < 4.78 is 5.06. The summed E-state index contributed by atoms with van der Waals surface area (Å²) in [6.07, 6.45) is 1.58. The molecular formula is C9H6Cl2N4O. The molecule has 0 radical (unpaired) electrons. The Hall–Kier alpha value is -1.46. The Morgan fingerprint density at radius 2 is 1.81 bits per heavy atom. The maximum atomic E-state index is 5.67. The van der Waals surface area contributed by atoms with E-state index in [2.05, 4.69) is 19.9 Å². The van der Waals surface area contributed by atoms with Crippen molar-refractivity contribution >= 4 is 23.2 Å². The molecule has 0 aliphatic rings. The quantitative estimate of drug-likeness (QED) is 0.825. The maximum absolute atomic E-state index is 5.67. The SMILES string of the molecule is COc1ccnc(-c2nc(Cl)nc(Cl)n2)c1. The standard InChI is InChI=1S/C9H6Cl2N4O/c1-16-5-2-3-12-6(4-5)7-13-8(10)15-9(11)14-7/h2-4H,1H3. The van der Waals surface area contributed by atoms with Crippen molar-refractivity contribution in [1.29, 1.82) is 0 Å². The number of aromatic nitrogens is 4. The lowest BCUT2D eigenvalue weighted by atomic mass is 10.3. The lowest BCUT2D eigenvalue weighted by molar-refractivity contribution is 0.414. The Bertz CT molecular complexity index is 500. The molecular weight excluding hydrogens is 251 g/mol. The van der Waals surface area contributed by atoms with Gasteiger partial charge >= 0.3 is 0 Å². The van der Waals surface area contributed by atoms with Crippen molar-refractivity contribution in [2.75, 3.05) is 7.11 Å². The van der Waals surface area contributed by atoms with Crippen molar-refractivity contribution in [2.24, 2.45) is 0 Å². The summed E-state index contributed by atoms with van der Waals surface area (Å²) >= 11 is 11.3. The number of hydrogen-bond acceptors (Lipinski definition) is 5. The third kappa shape index (κ3) is 2.37. The van der Waals surface area contributed by atoms with Gasteiger partial charge in [0.05, 0.1) is 7.11 Å². The summed E-state index contributed by atoms with van der Waals surface area (Å²) in [4.78, 5) is 15.6. The maximum Gasteiger partial charge on any atom is 0.227 e. The average molecular weight is 257 g/mol. The molecule has 2 aromatic heterocycles. The average Bonchev–Trinajstić information content (AvgIpc) is 2.28. The second-order valence-electron chi connectivity index (χ2n) is 2.78. The fourth-order valence-electron chi connectivity index (χ4n) is 1.10. The molecule has 82 valence electrons.